The van der Waals surface area contributed by atoms with Gasteiger partial charge in [0.2, 0.25) is 0 Å². The van der Waals surface area contributed by atoms with Crippen LogP contribution in [0.25, 0.3) is 11.2 Å². The number of hydrogen-bond donors (Lipinski definition) is 1. The minimum atomic E-state index is -0.432. The predicted octanol–water partition coefficient (Wildman–Crippen LogP) is 5.48. The largest absolute Gasteiger partial charge is 0.329 e. The minimum Gasteiger partial charge on any atom is -0.309 e. The number of nitrogens with zero attached hydrogens (tertiary/aromatic N) is 3. The van der Waals surface area contributed by atoms with E-state index in [9.17, 15) is 9.59 Å². The van der Waals surface area contributed by atoms with Crippen LogP contribution in [0.15, 0.2) is 45.1 Å². The molecule has 1 aromatic carbocycles. The third-order valence-electron chi connectivity index (χ3n) is 5.88. The molecule has 0 aliphatic carbocycles. The van der Waals surface area contributed by atoms with Crippen molar-refractivity contribution in [3.05, 3.63) is 56.7 Å². The highest BCUT2D eigenvalue weighted by atomic mass is 32.2. The number of unbranched alkanes of at least 4 members (excludes halogenated alkanes) is 9. The maximum atomic E-state index is 12.6. The van der Waals surface area contributed by atoms with E-state index in [1.165, 1.54) is 62.4 Å². The van der Waals surface area contributed by atoms with Gasteiger partial charge in [0.1, 0.15) is 0 Å². The summed E-state index contributed by atoms with van der Waals surface area (Å²) in [4.78, 5) is 31.7. The van der Waals surface area contributed by atoms with Crippen LogP contribution in [0, 0.1) is 0 Å². The topological polar surface area (TPSA) is 72.7 Å². The molecule has 32 heavy (non-hydrogen) atoms. The average Bonchev–Trinajstić information content (AvgIpc) is 3.15. The Morgan fingerprint density at radius 2 is 1.53 bits per heavy atom. The van der Waals surface area contributed by atoms with Gasteiger partial charge in [0.05, 0.1) is 6.54 Å². The average molecular weight is 457 g/mol. The van der Waals surface area contributed by atoms with Gasteiger partial charge >= 0.3 is 5.69 Å². The van der Waals surface area contributed by atoms with Crippen molar-refractivity contribution in [3.63, 3.8) is 0 Å². The number of imidazole rings is 1. The third kappa shape index (κ3) is 6.61. The van der Waals surface area contributed by atoms with Gasteiger partial charge in [-0.25, -0.2) is 9.78 Å². The lowest BCUT2D eigenvalue weighted by Crippen LogP contribution is -2.29. The van der Waals surface area contributed by atoms with E-state index in [1.807, 2.05) is 34.9 Å². The molecule has 2 aromatic heterocycles. The van der Waals surface area contributed by atoms with Gasteiger partial charge in [0.15, 0.2) is 16.3 Å². The third-order valence-corrected chi connectivity index (χ3v) is 6.95. The molecule has 3 aromatic rings. The molecular formula is C25H36N4O2S. The minimum absolute atomic E-state index is 0.377. The number of nitrogens with one attached hydrogen (secondary N) is 1. The Morgan fingerprint density at radius 1 is 0.906 bits per heavy atom. The molecule has 0 bridgehead atoms. The molecule has 0 aliphatic rings. The van der Waals surface area contributed by atoms with Crippen LogP contribution < -0.4 is 11.2 Å². The molecule has 0 atom stereocenters. The number of aromatic amines is 1. The lowest BCUT2D eigenvalue weighted by molar-refractivity contribution is 0.563. The number of hydrogen-bond acceptors (Lipinski definition) is 4. The van der Waals surface area contributed by atoms with Crippen LogP contribution >= 0.6 is 11.8 Å². The summed E-state index contributed by atoms with van der Waals surface area (Å²) >= 11 is 1.68. The number of benzene rings is 1. The predicted molar refractivity (Wildman–Crippen MR) is 134 cm³/mol. The van der Waals surface area contributed by atoms with E-state index in [0.29, 0.717) is 17.7 Å². The van der Waals surface area contributed by atoms with Gasteiger partial charge in [-0.3, -0.25) is 14.3 Å². The first-order chi connectivity index (χ1) is 15.6. The van der Waals surface area contributed by atoms with Crippen molar-refractivity contribution in [2.24, 2.45) is 7.05 Å². The summed E-state index contributed by atoms with van der Waals surface area (Å²) in [6.07, 6.45) is 13.1. The molecule has 0 radical (unpaired) electrons. The van der Waals surface area contributed by atoms with Crippen molar-refractivity contribution < 1.29 is 0 Å². The molecule has 6 nitrogen and oxygen atoms in total. The fraction of sp³-hybridized carbons (Fsp3) is 0.560. The number of aryl methyl sites for hydroxylation is 1. The van der Waals surface area contributed by atoms with E-state index in [2.05, 4.69) is 16.9 Å². The van der Waals surface area contributed by atoms with Crippen molar-refractivity contribution in [1.29, 1.82) is 0 Å². The molecule has 2 heterocycles. The zero-order valence-electron chi connectivity index (χ0n) is 19.4. The molecule has 0 saturated heterocycles. The first-order valence-electron chi connectivity index (χ1n) is 12.0. The molecule has 3 rings (SSSR count). The van der Waals surface area contributed by atoms with Gasteiger partial charge in [-0.2, -0.15) is 0 Å². The van der Waals surface area contributed by atoms with E-state index >= 15 is 0 Å². The second-order valence-electron chi connectivity index (χ2n) is 8.49. The SMILES string of the molecule is CCCCCCCCCCCCSc1nc2c(c(=O)[nH]c(=O)n2C)n1Cc1ccccc1. The number of rotatable bonds is 14. The molecule has 1 N–H and O–H groups in total. The summed E-state index contributed by atoms with van der Waals surface area (Å²) in [5, 5.41) is 0.798. The molecule has 0 aliphatic heterocycles. The highest BCUT2D eigenvalue weighted by molar-refractivity contribution is 7.99. The van der Waals surface area contributed by atoms with E-state index in [-0.39, 0.29) is 5.56 Å². The zero-order valence-corrected chi connectivity index (χ0v) is 20.3. The summed E-state index contributed by atoms with van der Waals surface area (Å²) in [5.41, 5.74) is 1.19. The van der Waals surface area contributed by atoms with Crippen LogP contribution in [0.5, 0.6) is 0 Å². The molecule has 174 valence electrons. The smallest absolute Gasteiger partial charge is 0.309 e. The van der Waals surface area contributed by atoms with Crippen LogP contribution in [0.4, 0.5) is 0 Å². The molecule has 0 fully saturated rings. The Kier molecular flexibility index (Phi) is 9.65. The Balaban J connectivity index is 1.59. The first-order valence-corrected chi connectivity index (χ1v) is 13.0. The number of fused-ring (bicyclic) bond motifs is 1. The second-order valence-corrected chi connectivity index (χ2v) is 9.55. The monoisotopic (exact) mass is 456 g/mol. The summed E-state index contributed by atoms with van der Waals surface area (Å²) < 4.78 is 3.37. The van der Waals surface area contributed by atoms with Gasteiger partial charge in [0.25, 0.3) is 5.56 Å². The molecular weight excluding hydrogens is 420 g/mol. The number of aromatic nitrogens is 4. The van der Waals surface area contributed by atoms with E-state index < -0.39 is 5.69 Å². The standard InChI is InChI=1S/C25H36N4O2S/c1-3-4-5-6-7-8-9-10-11-15-18-32-25-26-22-21(23(30)27-24(31)28(22)2)29(25)19-20-16-13-12-14-17-20/h12-14,16-17H,3-11,15,18-19H2,1-2H3,(H,27,30,31). The maximum absolute atomic E-state index is 12.6. The molecule has 0 saturated carbocycles. The van der Waals surface area contributed by atoms with Gasteiger partial charge < -0.3 is 4.57 Å². The van der Waals surface area contributed by atoms with Crippen LogP contribution in [0.3, 0.4) is 0 Å². The molecule has 7 heteroatoms. The van der Waals surface area contributed by atoms with Crippen molar-refractivity contribution in [2.75, 3.05) is 5.75 Å². The quantitative estimate of drug-likeness (QED) is 0.257. The Hall–Kier alpha value is -2.28. The van der Waals surface area contributed by atoms with Crippen molar-refractivity contribution in [2.45, 2.75) is 82.8 Å². The summed E-state index contributed by atoms with van der Waals surface area (Å²) in [7, 11) is 1.65. The van der Waals surface area contributed by atoms with Gasteiger partial charge in [0, 0.05) is 12.8 Å². The Morgan fingerprint density at radius 3 is 2.19 bits per heavy atom. The van der Waals surface area contributed by atoms with Crippen LogP contribution in [0.2, 0.25) is 0 Å². The van der Waals surface area contributed by atoms with E-state index in [1.54, 1.807) is 18.8 Å². The summed E-state index contributed by atoms with van der Waals surface area (Å²) in [6.45, 7) is 2.81. The molecule has 0 unspecified atom stereocenters. The molecule has 0 spiro atoms. The highest BCUT2D eigenvalue weighted by Crippen LogP contribution is 2.24. The Labute approximate surface area is 194 Å². The van der Waals surface area contributed by atoms with Gasteiger partial charge in [-0.1, -0.05) is 107 Å². The van der Waals surface area contributed by atoms with Crippen LogP contribution in [0.1, 0.15) is 76.7 Å². The Bertz CT molecular complexity index is 1090. The van der Waals surface area contributed by atoms with Crippen LogP contribution in [-0.2, 0) is 13.6 Å². The first kappa shape index (κ1) is 24.4. The normalized spacial score (nSPS) is 11.4. The van der Waals surface area contributed by atoms with Crippen LogP contribution in [-0.4, -0.2) is 24.9 Å². The zero-order chi connectivity index (χ0) is 22.8. The maximum Gasteiger partial charge on any atom is 0.329 e. The van der Waals surface area contributed by atoms with Crippen molar-refractivity contribution >= 4 is 22.9 Å². The fourth-order valence-corrected chi connectivity index (χ4v) is 4.98. The van der Waals surface area contributed by atoms with Crippen molar-refractivity contribution in [1.82, 2.24) is 19.1 Å². The van der Waals surface area contributed by atoms with E-state index in [0.717, 1.165) is 22.9 Å². The summed E-state index contributed by atoms with van der Waals surface area (Å²) in [5.74, 6) is 0.959. The highest BCUT2D eigenvalue weighted by Gasteiger charge is 2.17. The lowest BCUT2D eigenvalue weighted by atomic mass is 10.1. The number of thioether (sulfide) groups is 1. The molecule has 0 amide bonds. The number of H-pyrrole nitrogens is 1. The lowest BCUT2D eigenvalue weighted by Gasteiger charge is -2.09. The fourth-order valence-electron chi connectivity index (χ4n) is 3.99. The summed E-state index contributed by atoms with van der Waals surface area (Å²) in [6, 6.07) is 10.0. The second kappa shape index (κ2) is 12.7. The van der Waals surface area contributed by atoms with Gasteiger partial charge in [-0.15, -0.1) is 0 Å². The van der Waals surface area contributed by atoms with Crippen molar-refractivity contribution in [3.8, 4) is 0 Å². The van der Waals surface area contributed by atoms with E-state index in [4.69, 9.17) is 0 Å². The van der Waals surface area contributed by atoms with Gasteiger partial charge in [-0.05, 0) is 12.0 Å².